The second kappa shape index (κ2) is 8.21. The zero-order valence-corrected chi connectivity index (χ0v) is 15.1. The summed E-state index contributed by atoms with van der Waals surface area (Å²) in [6.45, 7) is 1.53. The first-order valence-corrected chi connectivity index (χ1v) is 6.89. The third kappa shape index (κ3) is 4.33. The first-order chi connectivity index (χ1) is 9.63. The van der Waals surface area contributed by atoms with Gasteiger partial charge in [-0.25, -0.2) is 0 Å². The minimum absolute atomic E-state index is 0. The van der Waals surface area contributed by atoms with Crippen molar-refractivity contribution in [2.45, 2.75) is 12.8 Å². The van der Waals surface area contributed by atoms with Crippen LogP contribution in [-0.4, -0.2) is 51.0 Å². The minimum Gasteiger partial charge on any atom is -0.355 e. The van der Waals surface area contributed by atoms with E-state index in [9.17, 15) is 4.79 Å². The van der Waals surface area contributed by atoms with Crippen molar-refractivity contribution in [3.05, 3.63) is 29.8 Å². The Bertz CT molecular complexity index is 516. The Morgan fingerprint density at radius 1 is 1.38 bits per heavy atom. The van der Waals surface area contributed by atoms with Crippen molar-refractivity contribution in [3.8, 4) is 0 Å². The highest BCUT2D eigenvalue weighted by Gasteiger charge is 2.22. The van der Waals surface area contributed by atoms with Crippen molar-refractivity contribution in [2.75, 3.05) is 39.1 Å². The van der Waals surface area contributed by atoms with Crippen molar-refractivity contribution >= 4 is 41.5 Å². The average molecular weight is 402 g/mol. The molecule has 0 aromatic heterocycles. The van der Waals surface area contributed by atoms with E-state index in [1.54, 1.807) is 26.0 Å². The number of para-hydroxylation sites is 1. The quantitative estimate of drug-likeness (QED) is 0.476. The second-order valence-electron chi connectivity index (χ2n) is 5.04. The zero-order chi connectivity index (χ0) is 14.5. The lowest BCUT2D eigenvalue weighted by atomic mass is 10.2. The standard InChI is InChI=1S/C15H22N4O.HI/c1-16-15(17-10-8-14(20)18(2)3)19-11-9-12-6-4-5-7-13(12)19;/h4-7H,8-11H2,1-3H3,(H,16,17);1H. The largest absolute Gasteiger partial charge is 0.355 e. The molecule has 0 bridgehead atoms. The Labute approximate surface area is 143 Å². The van der Waals surface area contributed by atoms with Gasteiger partial charge in [0.2, 0.25) is 5.91 Å². The van der Waals surface area contributed by atoms with Gasteiger partial charge < -0.3 is 15.1 Å². The Morgan fingerprint density at radius 3 is 2.76 bits per heavy atom. The fourth-order valence-corrected chi connectivity index (χ4v) is 2.36. The highest BCUT2D eigenvalue weighted by Crippen LogP contribution is 2.27. The number of carbonyl (C=O) groups excluding carboxylic acids is 1. The van der Waals surface area contributed by atoms with E-state index in [0.717, 1.165) is 18.9 Å². The fourth-order valence-electron chi connectivity index (χ4n) is 2.36. The van der Waals surface area contributed by atoms with Crippen LogP contribution in [-0.2, 0) is 11.2 Å². The summed E-state index contributed by atoms with van der Waals surface area (Å²) in [5, 5.41) is 3.27. The number of benzene rings is 1. The molecule has 0 saturated carbocycles. The molecule has 1 heterocycles. The molecule has 0 spiro atoms. The zero-order valence-electron chi connectivity index (χ0n) is 12.8. The van der Waals surface area contributed by atoms with Crippen LogP contribution in [0.25, 0.3) is 0 Å². The molecule has 0 unspecified atom stereocenters. The molecule has 0 aliphatic carbocycles. The summed E-state index contributed by atoms with van der Waals surface area (Å²) in [5.74, 6) is 0.955. The maximum Gasteiger partial charge on any atom is 0.223 e. The molecular formula is C15H23IN4O. The number of halogens is 1. The number of hydrogen-bond donors (Lipinski definition) is 1. The molecule has 1 aromatic carbocycles. The van der Waals surface area contributed by atoms with Gasteiger partial charge in [-0.1, -0.05) is 18.2 Å². The Morgan fingerprint density at radius 2 is 2.10 bits per heavy atom. The predicted octanol–water partition coefficient (Wildman–Crippen LogP) is 1.72. The summed E-state index contributed by atoms with van der Waals surface area (Å²) < 4.78 is 0. The first kappa shape index (κ1) is 17.7. The third-order valence-corrected chi connectivity index (χ3v) is 3.48. The lowest BCUT2D eigenvalue weighted by Gasteiger charge is -2.22. The van der Waals surface area contributed by atoms with Gasteiger partial charge in [-0.2, -0.15) is 0 Å². The van der Waals surface area contributed by atoms with Gasteiger partial charge in [-0.05, 0) is 18.1 Å². The number of anilines is 1. The van der Waals surface area contributed by atoms with E-state index in [1.807, 2.05) is 6.07 Å². The summed E-state index contributed by atoms with van der Waals surface area (Å²) in [6, 6.07) is 8.37. The molecule has 2 rings (SSSR count). The Kier molecular flexibility index (Phi) is 6.94. The van der Waals surface area contributed by atoms with Crippen LogP contribution in [0.15, 0.2) is 29.3 Å². The summed E-state index contributed by atoms with van der Waals surface area (Å²) in [7, 11) is 5.32. The number of fused-ring (bicyclic) bond motifs is 1. The van der Waals surface area contributed by atoms with Gasteiger partial charge in [0.1, 0.15) is 0 Å². The van der Waals surface area contributed by atoms with Gasteiger partial charge in [0.15, 0.2) is 5.96 Å². The monoisotopic (exact) mass is 402 g/mol. The fraction of sp³-hybridized carbons (Fsp3) is 0.467. The normalized spacial score (nSPS) is 13.5. The number of nitrogens with zero attached hydrogens (tertiary/aromatic N) is 3. The molecule has 1 amide bonds. The number of rotatable bonds is 3. The van der Waals surface area contributed by atoms with E-state index in [0.29, 0.717) is 13.0 Å². The highest BCUT2D eigenvalue weighted by atomic mass is 127. The second-order valence-corrected chi connectivity index (χ2v) is 5.04. The van der Waals surface area contributed by atoms with Gasteiger partial charge in [-0.3, -0.25) is 9.79 Å². The van der Waals surface area contributed by atoms with Crippen molar-refractivity contribution in [3.63, 3.8) is 0 Å². The molecule has 1 aliphatic rings. The Hall–Kier alpha value is -1.31. The third-order valence-electron chi connectivity index (χ3n) is 3.48. The number of aliphatic imine (C=N–C) groups is 1. The van der Waals surface area contributed by atoms with Gasteiger partial charge in [0.25, 0.3) is 0 Å². The SMILES string of the molecule is CN=C(NCCC(=O)N(C)C)N1CCc2ccccc21.I. The molecule has 21 heavy (non-hydrogen) atoms. The summed E-state index contributed by atoms with van der Waals surface area (Å²) >= 11 is 0. The summed E-state index contributed by atoms with van der Waals surface area (Å²) in [6.07, 6.45) is 1.51. The smallest absolute Gasteiger partial charge is 0.223 e. The number of nitrogens with one attached hydrogen (secondary N) is 1. The maximum atomic E-state index is 11.6. The first-order valence-electron chi connectivity index (χ1n) is 6.89. The van der Waals surface area contributed by atoms with Gasteiger partial charge in [-0.15, -0.1) is 24.0 Å². The van der Waals surface area contributed by atoms with Crippen LogP contribution >= 0.6 is 24.0 Å². The number of carbonyl (C=O) groups is 1. The van der Waals surface area contributed by atoms with Crippen molar-refractivity contribution in [1.82, 2.24) is 10.2 Å². The molecule has 5 nitrogen and oxygen atoms in total. The molecule has 116 valence electrons. The highest BCUT2D eigenvalue weighted by molar-refractivity contribution is 14.0. The summed E-state index contributed by atoms with van der Waals surface area (Å²) in [4.78, 5) is 19.7. The number of hydrogen-bond acceptors (Lipinski definition) is 2. The van der Waals surface area contributed by atoms with Crippen LogP contribution < -0.4 is 10.2 Å². The van der Waals surface area contributed by atoms with E-state index >= 15 is 0 Å². The number of amides is 1. The topological polar surface area (TPSA) is 47.9 Å². The van der Waals surface area contributed by atoms with E-state index in [-0.39, 0.29) is 29.9 Å². The van der Waals surface area contributed by atoms with E-state index in [2.05, 4.69) is 33.4 Å². The van der Waals surface area contributed by atoms with E-state index in [4.69, 9.17) is 0 Å². The molecule has 0 atom stereocenters. The van der Waals surface area contributed by atoms with Gasteiger partial charge in [0, 0.05) is 46.3 Å². The van der Waals surface area contributed by atoms with Crippen LogP contribution in [0.1, 0.15) is 12.0 Å². The molecule has 1 N–H and O–H groups in total. The molecular weight excluding hydrogens is 379 g/mol. The van der Waals surface area contributed by atoms with Crippen LogP contribution in [0.3, 0.4) is 0 Å². The summed E-state index contributed by atoms with van der Waals surface area (Å²) in [5.41, 5.74) is 2.55. The molecule has 0 radical (unpaired) electrons. The van der Waals surface area contributed by atoms with E-state index in [1.165, 1.54) is 11.3 Å². The predicted molar refractivity (Wildman–Crippen MR) is 97.6 cm³/mol. The lowest BCUT2D eigenvalue weighted by molar-refractivity contribution is -0.128. The van der Waals surface area contributed by atoms with Crippen LogP contribution in [0.2, 0.25) is 0 Å². The van der Waals surface area contributed by atoms with Gasteiger partial charge >= 0.3 is 0 Å². The maximum absolute atomic E-state index is 11.6. The average Bonchev–Trinajstić information content (AvgIpc) is 2.87. The number of guanidine groups is 1. The minimum atomic E-state index is 0. The van der Waals surface area contributed by atoms with Crippen LogP contribution in [0.4, 0.5) is 5.69 Å². The molecule has 0 fully saturated rings. The van der Waals surface area contributed by atoms with Crippen molar-refractivity contribution < 1.29 is 4.79 Å². The van der Waals surface area contributed by atoms with Crippen molar-refractivity contribution in [2.24, 2.45) is 4.99 Å². The molecule has 6 heteroatoms. The van der Waals surface area contributed by atoms with Crippen LogP contribution in [0.5, 0.6) is 0 Å². The van der Waals surface area contributed by atoms with Gasteiger partial charge in [0.05, 0.1) is 0 Å². The molecule has 0 saturated heterocycles. The van der Waals surface area contributed by atoms with E-state index < -0.39 is 0 Å². The van der Waals surface area contributed by atoms with Crippen LogP contribution in [0, 0.1) is 0 Å². The van der Waals surface area contributed by atoms with Crippen molar-refractivity contribution in [1.29, 1.82) is 0 Å². The lowest BCUT2D eigenvalue weighted by Crippen LogP contribution is -2.41. The molecule has 1 aliphatic heterocycles. The Balaban J connectivity index is 0.00000220. The molecule has 1 aromatic rings.